The summed E-state index contributed by atoms with van der Waals surface area (Å²) in [4.78, 5) is 65.1. The lowest BCUT2D eigenvalue weighted by atomic mass is 10.1. The first-order valence-corrected chi connectivity index (χ1v) is 12.8. The SMILES string of the molecule is COc1ccc(NC(=O)CSc2nc3ccc(N4C(=O)c5cccc([N+](=O)[O-])c5C4=O)cc3s2)c([N+](=O)[O-])c1. The Labute approximate surface area is 226 Å². The van der Waals surface area contributed by atoms with Gasteiger partial charge in [-0.3, -0.25) is 34.6 Å². The van der Waals surface area contributed by atoms with E-state index in [4.69, 9.17) is 4.74 Å². The third-order valence-corrected chi connectivity index (χ3v) is 7.86. The molecule has 1 aliphatic rings. The van der Waals surface area contributed by atoms with E-state index in [1.807, 2.05) is 0 Å². The number of benzene rings is 3. The molecule has 0 unspecified atom stereocenters. The smallest absolute Gasteiger partial charge is 0.296 e. The minimum Gasteiger partial charge on any atom is -0.496 e. The van der Waals surface area contributed by atoms with Crippen LogP contribution in [0.2, 0.25) is 0 Å². The lowest BCUT2D eigenvalue weighted by molar-refractivity contribution is -0.385. The molecule has 15 heteroatoms. The van der Waals surface area contributed by atoms with Crippen LogP contribution in [0, 0.1) is 20.2 Å². The number of anilines is 2. The number of thiazole rings is 1. The maximum Gasteiger partial charge on any atom is 0.296 e. The maximum atomic E-state index is 13.0. The average molecular weight is 566 g/mol. The highest BCUT2D eigenvalue weighted by Crippen LogP contribution is 2.37. The molecule has 2 heterocycles. The van der Waals surface area contributed by atoms with Crippen LogP contribution in [0.3, 0.4) is 0 Å². The molecular weight excluding hydrogens is 550 g/mol. The summed E-state index contributed by atoms with van der Waals surface area (Å²) in [5, 5.41) is 25.2. The summed E-state index contributed by atoms with van der Waals surface area (Å²) in [7, 11) is 1.38. The van der Waals surface area contributed by atoms with E-state index >= 15 is 0 Å². The highest BCUT2D eigenvalue weighted by molar-refractivity contribution is 8.01. The number of ether oxygens (including phenoxy) is 1. The van der Waals surface area contributed by atoms with Crippen molar-refractivity contribution in [1.29, 1.82) is 0 Å². The molecule has 0 bridgehead atoms. The summed E-state index contributed by atoms with van der Waals surface area (Å²) in [5.74, 6) is -1.74. The van der Waals surface area contributed by atoms with Gasteiger partial charge in [0.15, 0.2) is 4.34 Å². The zero-order valence-corrected chi connectivity index (χ0v) is 21.4. The molecule has 0 saturated heterocycles. The number of imide groups is 1. The number of nitro benzene ring substituents is 2. The second-order valence-corrected chi connectivity index (χ2v) is 10.3. The van der Waals surface area contributed by atoms with Crippen molar-refractivity contribution in [1.82, 2.24) is 4.98 Å². The Kier molecular flexibility index (Phi) is 6.67. The number of carbonyl (C=O) groups is 3. The van der Waals surface area contributed by atoms with Crippen molar-refractivity contribution in [3.8, 4) is 5.75 Å². The molecule has 5 rings (SSSR count). The Balaban J connectivity index is 1.32. The summed E-state index contributed by atoms with van der Waals surface area (Å²) in [5.41, 5.74) is -0.230. The number of fused-ring (bicyclic) bond motifs is 2. The molecule has 0 radical (unpaired) electrons. The number of aromatic nitrogens is 1. The summed E-state index contributed by atoms with van der Waals surface area (Å²) in [6.07, 6.45) is 0. The summed E-state index contributed by atoms with van der Waals surface area (Å²) >= 11 is 2.32. The van der Waals surface area contributed by atoms with Gasteiger partial charge in [-0.1, -0.05) is 17.8 Å². The first kappa shape index (κ1) is 25.7. The van der Waals surface area contributed by atoms with Gasteiger partial charge < -0.3 is 10.1 Å². The van der Waals surface area contributed by atoms with E-state index < -0.39 is 33.3 Å². The molecule has 0 spiro atoms. The molecule has 1 N–H and O–H groups in total. The Bertz CT molecular complexity index is 1720. The monoisotopic (exact) mass is 565 g/mol. The molecule has 3 amide bonds. The van der Waals surface area contributed by atoms with Crippen LogP contribution in [0.5, 0.6) is 5.75 Å². The normalized spacial score (nSPS) is 12.5. The Morgan fingerprint density at radius 1 is 1.05 bits per heavy atom. The second-order valence-electron chi connectivity index (χ2n) is 8.01. The maximum absolute atomic E-state index is 13.0. The fourth-order valence-corrected chi connectivity index (χ4v) is 5.86. The molecule has 0 atom stereocenters. The third-order valence-electron chi connectivity index (χ3n) is 5.70. The molecule has 1 aromatic heterocycles. The number of nitrogens with one attached hydrogen (secondary N) is 1. The number of rotatable bonds is 8. The van der Waals surface area contributed by atoms with Crippen molar-refractivity contribution >= 4 is 73.8 Å². The van der Waals surface area contributed by atoms with Gasteiger partial charge in [-0.15, -0.1) is 11.3 Å². The van der Waals surface area contributed by atoms with Gasteiger partial charge in [0.25, 0.3) is 23.2 Å². The van der Waals surface area contributed by atoms with Gasteiger partial charge in [0, 0.05) is 6.07 Å². The predicted molar refractivity (Wildman–Crippen MR) is 143 cm³/mol. The fourth-order valence-electron chi connectivity index (χ4n) is 3.96. The fraction of sp³-hybridized carbons (Fsp3) is 0.0833. The highest BCUT2D eigenvalue weighted by atomic mass is 32.2. The van der Waals surface area contributed by atoms with Crippen molar-refractivity contribution in [2.24, 2.45) is 0 Å². The number of carbonyl (C=O) groups excluding carboxylic acids is 3. The van der Waals surface area contributed by atoms with Gasteiger partial charge in [-0.05, 0) is 36.4 Å². The number of thioether (sulfide) groups is 1. The van der Waals surface area contributed by atoms with E-state index in [1.54, 1.807) is 12.1 Å². The molecule has 0 fully saturated rings. The number of nitro groups is 2. The number of nitrogens with zero attached hydrogens (tertiary/aromatic N) is 4. The van der Waals surface area contributed by atoms with E-state index in [0.29, 0.717) is 14.6 Å². The van der Waals surface area contributed by atoms with Gasteiger partial charge >= 0.3 is 0 Å². The first-order chi connectivity index (χ1) is 18.7. The quantitative estimate of drug-likeness (QED) is 0.137. The van der Waals surface area contributed by atoms with Gasteiger partial charge in [0.2, 0.25) is 5.91 Å². The molecule has 4 aromatic rings. The van der Waals surface area contributed by atoms with E-state index in [9.17, 15) is 34.6 Å². The standard InChI is InChI=1S/C24H15N5O8S2/c1-37-13-6-8-15(18(10-13)29(35)36)25-20(30)11-38-24-26-16-7-5-12(9-19(16)39-24)27-22(31)14-3-2-4-17(28(33)34)21(14)23(27)32/h2-10H,11H2,1H3,(H,25,30). The van der Waals surface area contributed by atoms with Crippen LogP contribution in [0.25, 0.3) is 10.2 Å². The molecule has 13 nitrogen and oxygen atoms in total. The third kappa shape index (κ3) is 4.75. The van der Waals surface area contributed by atoms with E-state index in [2.05, 4.69) is 10.3 Å². The summed E-state index contributed by atoms with van der Waals surface area (Å²) in [6.45, 7) is 0. The van der Waals surface area contributed by atoms with Crippen molar-refractivity contribution in [2.75, 3.05) is 23.1 Å². The van der Waals surface area contributed by atoms with Gasteiger partial charge in [0.05, 0.1) is 50.2 Å². The lowest BCUT2D eigenvalue weighted by Gasteiger charge is -2.13. The summed E-state index contributed by atoms with van der Waals surface area (Å²) in [6, 6.07) is 12.7. The second kappa shape index (κ2) is 10.1. The Hall–Kier alpha value is -4.89. The highest BCUT2D eigenvalue weighted by Gasteiger charge is 2.41. The van der Waals surface area contributed by atoms with Crippen molar-refractivity contribution in [3.63, 3.8) is 0 Å². The number of hydrogen-bond acceptors (Lipinski definition) is 11. The average Bonchev–Trinajstić information content (AvgIpc) is 3.44. The number of amides is 3. The first-order valence-electron chi connectivity index (χ1n) is 11.0. The predicted octanol–water partition coefficient (Wildman–Crippen LogP) is 4.65. The zero-order chi connectivity index (χ0) is 27.8. The van der Waals surface area contributed by atoms with E-state index in [0.717, 1.165) is 16.7 Å². The summed E-state index contributed by atoms with van der Waals surface area (Å²) < 4.78 is 6.12. The molecule has 0 saturated carbocycles. The van der Waals surface area contributed by atoms with E-state index in [-0.39, 0.29) is 39.7 Å². The van der Waals surface area contributed by atoms with Crippen molar-refractivity contribution in [3.05, 3.63) is 86.0 Å². The zero-order valence-electron chi connectivity index (χ0n) is 19.8. The number of methoxy groups -OCH3 is 1. The largest absolute Gasteiger partial charge is 0.496 e. The van der Waals surface area contributed by atoms with Crippen LogP contribution in [0.4, 0.5) is 22.7 Å². The van der Waals surface area contributed by atoms with Crippen LogP contribution in [0.15, 0.2) is 58.9 Å². The molecule has 196 valence electrons. The van der Waals surface area contributed by atoms with Crippen molar-refractivity contribution in [2.45, 2.75) is 4.34 Å². The molecule has 0 aliphatic carbocycles. The molecule has 3 aromatic carbocycles. The van der Waals surface area contributed by atoms with Crippen molar-refractivity contribution < 1.29 is 29.0 Å². The van der Waals surface area contributed by atoms with Crippen LogP contribution in [-0.2, 0) is 4.79 Å². The van der Waals surface area contributed by atoms with Crippen LogP contribution >= 0.6 is 23.1 Å². The van der Waals surface area contributed by atoms with Gasteiger partial charge in [-0.25, -0.2) is 9.88 Å². The van der Waals surface area contributed by atoms with Crippen LogP contribution in [0.1, 0.15) is 20.7 Å². The Morgan fingerprint density at radius 2 is 1.82 bits per heavy atom. The number of hydrogen-bond donors (Lipinski definition) is 1. The van der Waals surface area contributed by atoms with Gasteiger partial charge in [-0.2, -0.15) is 0 Å². The molecular formula is C24H15N5O8S2. The van der Waals surface area contributed by atoms with Crippen LogP contribution in [-0.4, -0.2) is 45.4 Å². The minimum atomic E-state index is -0.787. The van der Waals surface area contributed by atoms with Gasteiger partial charge in [0.1, 0.15) is 17.0 Å². The molecule has 1 aliphatic heterocycles. The van der Waals surface area contributed by atoms with E-state index in [1.165, 1.54) is 60.9 Å². The molecule has 39 heavy (non-hydrogen) atoms. The van der Waals surface area contributed by atoms with Crippen LogP contribution < -0.4 is 15.0 Å². The lowest BCUT2D eigenvalue weighted by Crippen LogP contribution is -2.29. The minimum absolute atomic E-state index is 0.0292. The Morgan fingerprint density at radius 3 is 2.54 bits per heavy atom. The topological polar surface area (TPSA) is 175 Å².